The van der Waals surface area contributed by atoms with Crippen LogP contribution in [0.5, 0.6) is 5.75 Å². The van der Waals surface area contributed by atoms with Gasteiger partial charge in [0.05, 0.1) is 4.92 Å². The smallest absolute Gasteiger partial charge is 0.269 e. The Balaban J connectivity index is 1.38. The molecule has 0 heterocycles. The molecule has 3 aromatic rings. The first-order valence-electron chi connectivity index (χ1n) is 9.25. The van der Waals surface area contributed by atoms with Crippen LogP contribution in [0.25, 0.3) is 0 Å². The molecule has 0 spiro atoms. The fraction of sp³-hybridized carbons (Fsp3) is 0.182. The van der Waals surface area contributed by atoms with Gasteiger partial charge in [0.2, 0.25) is 0 Å². The fourth-order valence-corrected chi connectivity index (χ4v) is 2.72. The summed E-state index contributed by atoms with van der Waals surface area (Å²) < 4.78 is 18.7. The zero-order chi connectivity index (χ0) is 20.5. The summed E-state index contributed by atoms with van der Waals surface area (Å²) in [5.74, 6) is 0.502. The second-order valence-electron chi connectivity index (χ2n) is 6.47. The molecule has 0 radical (unpaired) electrons. The number of non-ortho nitro benzene ring substituents is 1. The van der Waals surface area contributed by atoms with Gasteiger partial charge in [0.15, 0.2) is 0 Å². The lowest BCUT2D eigenvalue weighted by atomic mass is 10.2. The molecular weight excluding hydrogens is 373 g/mol. The number of nitro benzene ring substituents is 1. The minimum atomic E-state index is -0.414. The third kappa shape index (κ3) is 6.58. The summed E-state index contributed by atoms with van der Waals surface area (Å²) in [6.45, 7) is 2.50. The number of benzene rings is 3. The molecule has 0 amide bonds. The Kier molecular flexibility index (Phi) is 7.13. The van der Waals surface area contributed by atoms with Gasteiger partial charge in [-0.25, -0.2) is 4.39 Å². The minimum absolute atomic E-state index is 0.0789. The number of nitrogens with one attached hydrogen (secondary N) is 2. The van der Waals surface area contributed by atoms with E-state index >= 15 is 0 Å². The quantitative estimate of drug-likeness (QED) is 0.300. The number of rotatable bonds is 10. The molecule has 29 heavy (non-hydrogen) atoms. The van der Waals surface area contributed by atoms with Crippen molar-refractivity contribution in [3.63, 3.8) is 0 Å². The van der Waals surface area contributed by atoms with E-state index in [1.807, 2.05) is 24.3 Å². The molecular formula is C22H22FN3O3. The Morgan fingerprint density at radius 3 is 2.41 bits per heavy atom. The second kappa shape index (κ2) is 10.2. The number of anilines is 1. The minimum Gasteiger partial charge on any atom is -0.489 e. The maximum atomic E-state index is 12.9. The molecule has 3 aromatic carbocycles. The van der Waals surface area contributed by atoms with Crippen LogP contribution in [-0.4, -0.2) is 18.0 Å². The van der Waals surface area contributed by atoms with Crippen LogP contribution in [0.3, 0.4) is 0 Å². The maximum Gasteiger partial charge on any atom is 0.269 e. The van der Waals surface area contributed by atoms with Gasteiger partial charge in [-0.05, 0) is 47.5 Å². The van der Waals surface area contributed by atoms with Gasteiger partial charge in [0.1, 0.15) is 18.2 Å². The van der Waals surface area contributed by atoms with E-state index in [9.17, 15) is 14.5 Å². The molecule has 6 nitrogen and oxygen atoms in total. The van der Waals surface area contributed by atoms with Crippen LogP contribution in [0, 0.1) is 15.9 Å². The fourth-order valence-electron chi connectivity index (χ4n) is 2.72. The molecule has 0 aliphatic heterocycles. The van der Waals surface area contributed by atoms with Crippen LogP contribution in [0.4, 0.5) is 15.8 Å². The van der Waals surface area contributed by atoms with E-state index in [0.717, 1.165) is 29.1 Å². The molecule has 0 unspecified atom stereocenters. The number of nitro groups is 1. The zero-order valence-corrected chi connectivity index (χ0v) is 15.8. The average molecular weight is 395 g/mol. The van der Waals surface area contributed by atoms with Gasteiger partial charge in [0, 0.05) is 37.5 Å². The SMILES string of the molecule is O=[N+]([O-])c1ccc(NCCNCc2cccc(OCc3ccc(F)cc3)c2)cc1. The van der Waals surface area contributed by atoms with Gasteiger partial charge in [0.25, 0.3) is 5.69 Å². The van der Waals surface area contributed by atoms with Crippen molar-refractivity contribution in [1.82, 2.24) is 5.32 Å². The first-order chi connectivity index (χ1) is 14.1. The zero-order valence-electron chi connectivity index (χ0n) is 15.8. The summed E-state index contributed by atoms with van der Waals surface area (Å²) in [6.07, 6.45) is 0. The molecule has 0 saturated carbocycles. The third-order valence-electron chi connectivity index (χ3n) is 4.26. The van der Waals surface area contributed by atoms with E-state index in [2.05, 4.69) is 10.6 Å². The Morgan fingerprint density at radius 2 is 1.69 bits per heavy atom. The maximum absolute atomic E-state index is 12.9. The predicted molar refractivity (Wildman–Crippen MR) is 110 cm³/mol. The summed E-state index contributed by atoms with van der Waals surface area (Å²) in [6, 6.07) is 20.4. The molecule has 0 aliphatic rings. The van der Waals surface area contributed by atoms with Crippen LogP contribution in [-0.2, 0) is 13.2 Å². The summed E-state index contributed by atoms with van der Waals surface area (Å²) in [5.41, 5.74) is 2.92. The molecule has 0 atom stereocenters. The van der Waals surface area contributed by atoms with Gasteiger partial charge in [-0.3, -0.25) is 10.1 Å². The van der Waals surface area contributed by atoms with Gasteiger partial charge in [-0.15, -0.1) is 0 Å². The first kappa shape index (κ1) is 20.3. The third-order valence-corrected chi connectivity index (χ3v) is 4.26. The first-order valence-corrected chi connectivity index (χ1v) is 9.25. The standard InChI is InChI=1S/C22H22FN3O3/c23-19-6-4-17(5-7-19)16-29-22-3-1-2-18(14-22)15-24-12-13-25-20-8-10-21(11-9-20)26(27)28/h1-11,14,24-25H,12-13,15-16H2. The predicted octanol–water partition coefficient (Wildman–Crippen LogP) is 4.51. The lowest BCUT2D eigenvalue weighted by Gasteiger charge is -2.10. The van der Waals surface area contributed by atoms with Crippen molar-refractivity contribution in [2.24, 2.45) is 0 Å². The van der Waals surface area contributed by atoms with E-state index in [1.54, 1.807) is 24.3 Å². The lowest BCUT2D eigenvalue weighted by Crippen LogP contribution is -2.21. The van der Waals surface area contributed by atoms with E-state index in [4.69, 9.17) is 4.74 Å². The van der Waals surface area contributed by atoms with E-state index < -0.39 is 4.92 Å². The highest BCUT2D eigenvalue weighted by Gasteiger charge is 2.03. The average Bonchev–Trinajstić information content (AvgIpc) is 2.74. The molecule has 0 aliphatic carbocycles. The van der Waals surface area contributed by atoms with Crippen molar-refractivity contribution in [3.8, 4) is 5.75 Å². The number of hydrogen-bond donors (Lipinski definition) is 2. The molecule has 0 saturated heterocycles. The highest BCUT2D eigenvalue weighted by molar-refractivity contribution is 5.48. The molecule has 0 bridgehead atoms. The van der Waals surface area contributed by atoms with E-state index in [-0.39, 0.29) is 11.5 Å². The van der Waals surface area contributed by atoms with Crippen molar-refractivity contribution in [2.75, 3.05) is 18.4 Å². The molecule has 0 fully saturated rings. The van der Waals surface area contributed by atoms with Crippen LogP contribution >= 0.6 is 0 Å². The van der Waals surface area contributed by atoms with Gasteiger partial charge >= 0.3 is 0 Å². The van der Waals surface area contributed by atoms with Crippen molar-refractivity contribution in [3.05, 3.63) is 99.9 Å². The Hall–Kier alpha value is -3.45. The van der Waals surface area contributed by atoms with Crippen LogP contribution in [0.15, 0.2) is 72.8 Å². The summed E-state index contributed by atoms with van der Waals surface area (Å²) >= 11 is 0. The van der Waals surface area contributed by atoms with Crippen molar-refractivity contribution < 1.29 is 14.1 Å². The summed E-state index contributed by atoms with van der Waals surface area (Å²) in [5, 5.41) is 17.2. The van der Waals surface area contributed by atoms with Crippen LogP contribution in [0.1, 0.15) is 11.1 Å². The van der Waals surface area contributed by atoms with E-state index in [1.165, 1.54) is 24.3 Å². The lowest BCUT2D eigenvalue weighted by molar-refractivity contribution is -0.384. The van der Waals surface area contributed by atoms with Crippen molar-refractivity contribution >= 4 is 11.4 Å². The summed E-state index contributed by atoms with van der Waals surface area (Å²) in [7, 11) is 0. The van der Waals surface area contributed by atoms with Crippen LogP contribution in [0.2, 0.25) is 0 Å². The Labute approximate surface area is 168 Å². The number of ether oxygens (including phenoxy) is 1. The molecule has 2 N–H and O–H groups in total. The number of halogens is 1. The van der Waals surface area contributed by atoms with Gasteiger partial charge in [-0.1, -0.05) is 24.3 Å². The molecule has 150 valence electrons. The van der Waals surface area contributed by atoms with E-state index in [0.29, 0.717) is 19.7 Å². The number of hydrogen-bond acceptors (Lipinski definition) is 5. The second-order valence-corrected chi connectivity index (χ2v) is 6.47. The Bertz CT molecular complexity index is 931. The molecule has 7 heteroatoms. The van der Waals surface area contributed by atoms with Gasteiger partial charge < -0.3 is 15.4 Å². The van der Waals surface area contributed by atoms with Gasteiger partial charge in [-0.2, -0.15) is 0 Å². The van der Waals surface area contributed by atoms with Crippen molar-refractivity contribution in [1.29, 1.82) is 0 Å². The van der Waals surface area contributed by atoms with Crippen molar-refractivity contribution in [2.45, 2.75) is 13.2 Å². The molecule has 0 aromatic heterocycles. The van der Waals surface area contributed by atoms with Crippen LogP contribution < -0.4 is 15.4 Å². The number of nitrogens with zero attached hydrogens (tertiary/aromatic N) is 1. The molecule has 3 rings (SSSR count). The summed E-state index contributed by atoms with van der Waals surface area (Å²) in [4.78, 5) is 10.2. The monoisotopic (exact) mass is 395 g/mol. The largest absolute Gasteiger partial charge is 0.489 e. The highest BCUT2D eigenvalue weighted by Crippen LogP contribution is 2.16. The Morgan fingerprint density at radius 1 is 0.931 bits per heavy atom. The topological polar surface area (TPSA) is 76.4 Å². The normalized spacial score (nSPS) is 10.5. The highest BCUT2D eigenvalue weighted by atomic mass is 19.1.